The Hall–Kier alpha value is -1.79. The number of nitrogens with zero attached hydrogens (tertiary/aromatic N) is 3. The van der Waals surface area contributed by atoms with E-state index in [0.29, 0.717) is 6.54 Å². The van der Waals surface area contributed by atoms with E-state index in [1.807, 2.05) is 17.0 Å². The molecule has 0 aromatic carbocycles. The van der Waals surface area contributed by atoms with Crippen LogP contribution in [0.4, 0.5) is 18.9 Å². The molecular weight excluding hydrogens is 259 g/mol. The van der Waals surface area contributed by atoms with E-state index in [1.54, 1.807) is 12.4 Å². The van der Waals surface area contributed by atoms with E-state index < -0.39 is 12.1 Å². The maximum atomic E-state index is 12.4. The van der Waals surface area contributed by atoms with Crippen LogP contribution in [0.5, 0.6) is 0 Å². The molecule has 0 N–H and O–H groups in total. The van der Waals surface area contributed by atoms with Gasteiger partial charge in [-0.25, -0.2) is 0 Å². The minimum Gasteiger partial charge on any atom is -0.366 e. The number of hydrogen-bond acceptors (Lipinski definition) is 3. The molecule has 3 heterocycles. The van der Waals surface area contributed by atoms with Crippen molar-refractivity contribution in [2.24, 2.45) is 5.92 Å². The van der Waals surface area contributed by atoms with Crippen LogP contribution >= 0.6 is 0 Å². The molecule has 0 radical (unpaired) electrons. The Morgan fingerprint density at radius 2 is 1.89 bits per heavy atom. The summed E-state index contributed by atoms with van der Waals surface area (Å²) in [4.78, 5) is 18.0. The number of halogens is 3. The number of fused-ring (bicyclic) bond motifs is 1. The van der Waals surface area contributed by atoms with Gasteiger partial charge in [-0.05, 0) is 12.1 Å². The summed E-state index contributed by atoms with van der Waals surface area (Å²) in [5.41, 5.74) is 0.942. The molecule has 4 nitrogen and oxygen atoms in total. The van der Waals surface area contributed by atoms with Crippen molar-refractivity contribution in [3.8, 4) is 0 Å². The molecule has 0 spiro atoms. The van der Waals surface area contributed by atoms with Crippen LogP contribution in [0.15, 0.2) is 24.5 Å². The number of aromatic nitrogens is 1. The van der Waals surface area contributed by atoms with Crippen LogP contribution in [0.2, 0.25) is 0 Å². The lowest BCUT2D eigenvalue weighted by atomic mass is 9.91. The van der Waals surface area contributed by atoms with Gasteiger partial charge in [0.25, 0.3) is 0 Å². The molecule has 3 rings (SSSR count). The second-order valence-corrected chi connectivity index (χ2v) is 4.89. The predicted molar refractivity (Wildman–Crippen MR) is 61.5 cm³/mol. The number of hydrogen-bond donors (Lipinski definition) is 0. The average Bonchev–Trinajstić information content (AvgIpc) is 2.67. The Labute approximate surface area is 107 Å². The van der Waals surface area contributed by atoms with E-state index >= 15 is 0 Å². The minimum atomic E-state index is -4.77. The summed E-state index contributed by atoms with van der Waals surface area (Å²) in [6.07, 6.45) is -1.47. The van der Waals surface area contributed by atoms with E-state index in [1.165, 1.54) is 0 Å². The topological polar surface area (TPSA) is 36.4 Å². The van der Waals surface area contributed by atoms with Crippen LogP contribution in [0.25, 0.3) is 0 Å². The van der Waals surface area contributed by atoms with E-state index in [-0.39, 0.29) is 25.0 Å². The summed E-state index contributed by atoms with van der Waals surface area (Å²) in [7, 11) is 0. The van der Waals surface area contributed by atoms with Crippen LogP contribution in [0, 0.1) is 5.92 Å². The summed E-state index contributed by atoms with van der Waals surface area (Å²) in [6, 6.07) is 3.64. The summed E-state index contributed by atoms with van der Waals surface area (Å²) >= 11 is 0. The second kappa shape index (κ2) is 4.11. The first-order valence-electron chi connectivity index (χ1n) is 5.99. The molecule has 19 heavy (non-hydrogen) atoms. The van der Waals surface area contributed by atoms with Gasteiger partial charge in [0.05, 0.1) is 6.04 Å². The Kier molecular flexibility index (Phi) is 2.65. The van der Waals surface area contributed by atoms with Gasteiger partial charge in [0.2, 0.25) is 0 Å². The molecule has 1 amide bonds. The second-order valence-electron chi connectivity index (χ2n) is 4.89. The lowest BCUT2D eigenvalue weighted by Gasteiger charge is -2.45. The smallest absolute Gasteiger partial charge is 0.366 e. The molecule has 0 aliphatic carbocycles. The standard InChI is InChI=1S/C12H12F3N3O/c13-12(14,15)11(19)17-5-8-6-18(10(8)7-17)9-1-3-16-4-2-9/h1-4,8,10H,5-7H2/t8-,10-/m1/s1. The van der Waals surface area contributed by atoms with Gasteiger partial charge in [-0.15, -0.1) is 0 Å². The van der Waals surface area contributed by atoms with Crippen molar-refractivity contribution in [1.82, 2.24) is 9.88 Å². The molecule has 2 fully saturated rings. The zero-order valence-electron chi connectivity index (χ0n) is 9.97. The third-order valence-corrected chi connectivity index (χ3v) is 3.76. The number of rotatable bonds is 1. The van der Waals surface area contributed by atoms with Crippen molar-refractivity contribution in [2.75, 3.05) is 24.5 Å². The number of carbonyl (C=O) groups is 1. The van der Waals surface area contributed by atoms with Gasteiger partial charge in [-0.2, -0.15) is 13.2 Å². The number of likely N-dealkylation sites (tertiary alicyclic amines) is 1. The maximum absolute atomic E-state index is 12.4. The molecule has 2 atom stereocenters. The zero-order valence-corrected chi connectivity index (χ0v) is 9.97. The summed E-state index contributed by atoms with van der Waals surface area (Å²) in [5, 5.41) is 0. The van der Waals surface area contributed by atoms with Gasteiger partial charge < -0.3 is 9.80 Å². The van der Waals surface area contributed by atoms with Crippen LogP contribution in [0.1, 0.15) is 0 Å². The van der Waals surface area contributed by atoms with Crippen molar-refractivity contribution >= 4 is 11.6 Å². The van der Waals surface area contributed by atoms with Crippen LogP contribution < -0.4 is 4.90 Å². The highest BCUT2D eigenvalue weighted by Crippen LogP contribution is 2.37. The third-order valence-electron chi connectivity index (χ3n) is 3.76. The average molecular weight is 271 g/mol. The van der Waals surface area contributed by atoms with E-state index in [4.69, 9.17) is 0 Å². The van der Waals surface area contributed by atoms with Gasteiger partial charge in [0, 0.05) is 43.6 Å². The van der Waals surface area contributed by atoms with Crippen LogP contribution in [-0.2, 0) is 4.79 Å². The quantitative estimate of drug-likeness (QED) is 0.772. The van der Waals surface area contributed by atoms with Gasteiger partial charge in [-0.3, -0.25) is 9.78 Å². The van der Waals surface area contributed by atoms with E-state index in [0.717, 1.165) is 10.6 Å². The van der Waals surface area contributed by atoms with Gasteiger partial charge in [-0.1, -0.05) is 0 Å². The van der Waals surface area contributed by atoms with E-state index in [9.17, 15) is 18.0 Å². The molecule has 102 valence electrons. The molecule has 1 aromatic rings. The first-order valence-corrected chi connectivity index (χ1v) is 5.99. The fourth-order valence-corrected chi connectivity index (χ4v) is 2.81. The minimum absolute atomic E-state index is 0.00583. The molecule has 1 aromatic heterocycles. The first-order chi connectivity index (χ1) is 8.97. The monoisotopic (exact) mass is 271 g/mol. The summed E-state index contributed by atoms with van der Waals surface area (Å²) in [6.45, 7) is 1.03. The molecule has 2 aliphatic heterocycles. The summed E-state index contributed by atoms with van der Waals surface area (Å²) in [5.74, 6) is -1.59. The number of alkyl halides is 3. The summed E-state index contributed by atoms with van der Waals surface area (Å²) < 4.78 is 37.1. The molecule has 7 heteroatoms. The third kappa shape index (κ3) is 2.02. The number of carbonyl (C=O) groups excluding carboxylic acids is 1. The highest BCUT2D eigenvalue weighted by molar-refractivity contribution is 5.82. The van der Waals surface area contributed by atoms with Crippen molar-refractivity contribution in [1.29, 1.82) is 0 Å². The highest BCUT2D eigenvalue weighted by Gasteiger charge is 2.52. The highest BCUT2D eigenvalue weighted by atomic mass is 19.4. The molecule has 0 bridgehead atoms. The largest absolute Gasteiger partial charge is 0.471 e. The number of anilines is 1. The van der Waals surface area contributed by atoms with E-state index in [2.05, 4.69) is 4.98 Å². The molecular formula is C12H12F3N3O. The molecule has 0 unspecified atom stereocenters. The fourth-order valence-electron chi connectivity index (χ4n) is 2.81. The lowest BCUT2D eigenvalue weighted by Crippen LogP contribution is -2.55. The zero-order chi connectivity index (χ0) is 13.6. The Morgan fingerprint density at radius 1 is 1.21 bits per heavy atom. The van der Waals surface area contributed by atoms with Gasteiger partial charge in [0.15, 0.2) is 0 Å². The molecule has 2 aliphatic rings. The van der Waals surface area contributed by atoms with Crippen LogP contribution in [0.3, 0.4) is 0 Å². The molecule has 2 saturated heterocycles. The van der Waals surface area contributed by atoms with Crippen molar-refractivity contribution in [2.45, 2.75) is 12.2 Å². The van der Waals surface area contributed by atoms with Crippen LogP contribution in [-0.4, -0.2) is 47.6 Å². The Morgan fingerprint density at radius 3 is 2.53 bits per heavy atom. The fraction of sp³-hybridized carbons (Fsp3) is 0.500. The van der Waals surface area contributed by atoms with Crippen molar-refractivity contribution < 1.29 is 18.0 Å². The Balaban J connectivity index is 1.69. The number of amides is 1. The predicted octanol–water partition coefficient (Wildman–Crippen LogP) is 1.29. The first kappa shape index (κ1) is 12.3. The molecule has 0 saturated carbocycles. The van der Waals surface area contributed by atoms with Crippen molar-refractivity contribution in [3.63, 3.8) is 0 Å². The number of pyridine rings is 1. The van der Waals surface area contributed by atoms with Gasteiger partial charge in [0.1, 0.15) is 0 Å². The van der Waals surface area contributed by atoms with Gasteiger partial charge >= 0.3 is 12.1 Å². The maximum Gasteiger partial charge on any atom is 0.471 e. The SMILES string of the molecule is O=C(N1C[C@@H]2CN(c3ccncc3)[C@@H]2C1)C(F)(F)F. The Bertz CT molecular complexity index is 491. The lowest BCUT2D eigenvalue weighted by molar-refractivity contribution is -0.184. The normalized spacial score (nSPS) is 26.1. The van der Waals surface area contributed by atoms with Crippen molar-refractivity contribution in [3.05, 3.63) is 24.5 Å².